The fraction of sp³-hybridized carbons (Fsp3) is 0.357. The Morgan fingerprint density at radius 2 is 2.22 bits per heavy atom. The lowest BCUT2D eigenvalue weighted by molar-refractivity contribution is -0.303. The van der Waals surface area contributed by atoms with E-state index in [9.17, 15) is 10.1 Å². The van der Waals surface area contributed by atoms with Crippen LogP contribution >= 0.6 is 0 Å². The maximum absolute atomic E-state index is 11.9. The molecular formula is C14H15NO3. The Balaban J connectivity index is 2.27. The number of allylic oxidation sites excluding steroid dienone is 1. The van der Waals surface area contributed by atoms with E-state index in [1.165, 1.54) is 6.92 Å². The predicted octanol–water partition coefficient (Wildman–Crippen LogP) is 2.81. The van der Waals surface area contributed by atoms with Crippen molar-refractivity contribution in [2.45, 2.75) is 31.9 Å². The zero-order valence-corrected chi connectivity index (χ0v) is 10.2. The van der Waals surface area contributed by atoms with Crippen LogP contribution in [0.15, 0.2) is 30.3 Å². The minimum absolute atomic E-state index is 0.123. The van der Waals surface area contributed by atoms with Gasteiger partial charge in [0, 0.05) is 24.5 Å². The molecule has 1 aromatic rings. The molecule has 1 amide bonds. The highest BCUT2D eigenvalue weighted by Gasteiger charge is 2.52. The van der Waals surface area contributed by atoms with Crippen LogP contribution in [0.4, 0.5) is 5.69 Å². The van der Waals surface area contributed by atoms with E-state index in [2.05, 4.69) is 6.08 Å². The van der Waals surface area contributed by atoms with Crippen LogP contribution in [0.25, 0.3) is 5.57 Å². The first-order chi connectivity index (χ1) is 8.70. The number of hydrogen-bond acceptors (Lipinski definition) is 3. The number of carbonyl (C=O) groups excluding carboxylic acids is 1. The van der Waals surface area contributed by atoms with Gasteiger partial charge < -0.3 is 0 Å². The van der Waals surface area contributed by atoms with E-state index < -0.39 is 5.72 Å². The van der Waals surface area contributed by atoms with Gasteiger partial charge >= 0.3 is 0 Å². The average molecular weight is 245 g/mol. The first-order valence-corrected chi connectivity index (χ1v) is 6.14. The van der Waals surface area contributed by atoms with Crippen molar-refractivity contribution >= 4 is 17.2 Å². The second-order valence-electron chi connectivity index (χ2n) is 4.76. The van der Waals surface area contributed by atoms with Gasteiger partial charge in [-0.15, -0.1) is 0 Å². The lowest BCUT2D eigenvalue weighted by Gasteiger charge is -2.37. The molecule has 0 fully saturated rings. The summed E-state index contributed by atoms with van der Waals surface area (Å²) in [5.41, 5.74) is 1.67. The van der Waals surface area contributed by atoms with Crippen molar-refractivity contribution in [2.24, 2.45) is 0 Å². The Morgan fingerprint density at radius 1 is 1.44 bits per heavy atom. The van der Waals surface area contributed by atoms with Crippen molar-refractivity contribution in [1.29, 1.82) is 0 Å². The molecule has 0 bridgehead atoms. The fourth-order valence-electron chi connectivity index (χ4n) is 3.09. The van der Waals surface area contributed by atoms with Gasteiger partial charge in [-0.2, -0.15) is 0 Å². The second-order valence-corrected chi connectivity index (χ2v) is 4.76. The summed E-state index contributed by atoms with van der Waals surface area (Å²) >= 11 is 0. The third-order valence-corrected chi connectivity index (χ3v) is 3.75. The standard InChI is InChI=1S/C14H15NO3/c1-10(16)15-13-8-3-2-6-11(13)12-7-4-5-9-14(12,15)18-17/h2-3,6-8,17H,4-5,9H2,1H3. The molecule has 18 heavy (non-hydrogen) atoms. The van der Waals surface area contributed by atoms with Crippen LogP contribution in [0.3, 0.4) is 0 Å². The van der Waals surface area contributed by atoms with Crippen LogP contribution in [0.1, 0.15) is 31.7 Å². The SMILES string of the molecule is CC(=O)N1c2ccccc2C2=CCCCC21OO. The number of anilines is 1. The molecule has 4 nitrogen and oxygen atoms in total. The fourth-order valence-corrected chi connectivity index (χ4v) is 3.09. The summed E-state index contributed by atoms with van der Waals surface area (Å²) in [6.07, 6.45) is 4.51. The zero-order valence-electron chi connectivity index (χ0n) is 10.2. The first kappa shape index (κ1) is 11.4. The molecule has 0 saturated heterocycles. The summed E-state index contributed by atoms with van der Waals surface area (Å²) in [5, 5.41) is 9.41. The summed E-state index contributed by atoms with van der Waals surface area (Å²) < 4.78 is 0. The van der Waals surface area contributed by atoms with Gasteiger partial charge in [-0.1, -0.05) is 24.3 Å². The van der Waals surface area contributed by atoms with E-state index in [4.69, 9.17) is 4.89 Å². The largest absolute Gasteiger partial charge is 0.276 e. The van der Waals surface area contributed by atoms with Gasteiger partial charge in [-0.25, -0.2) is 10.1 Å². The van der Waals surface area contributed by atoms with Gasteiger partial charge in [-0.3, -0.25) is 9.69 Å². The summed E-state index contributed by atoms with van der Waals surface area (Å²) in [6.45, 7) is 1.50. The Bertz CT molecular complexity index is 538. The van der Waals surface area contributed by atoms with Gasteiger partial charge in [0.1, 0.15) is 0 Å². The van der Waals surface area contributed by atoms with Gasteiger partial charge in [-0.05, 0) is 18.9 Å². The molecule has 0 radical (unpaired) electrons. The van der Waals surface area contributed by atoms with Gasteiger partial charge in [0.2, 0.25) is 11.6 Å². The molecule has 0 spiro atoms. The summed E-state index contributed by atoms with van der Waals surface area (Å²) in [7, 11) is 0. The molecule has 3 rings (SSSR count). The maximum Gasteiger partial charge on any atom is 0.226 e. The minimum atomic E-state index is -1.02. The van der Waals surface area contributed by atoms with Crippen LogP contribution in [0.5, 0.6) is 0 Å². The zero-order chi connectivity index (χ0) is 12.8. The molecule has 1 aliphatic heterocycles. The molecule has 1 unspecified atom stereocenters. The van der Waals surface area contributed by atoms with Crippen molar-refractivity contribution in [1.82, 2.24) is 0 Å². The van der Waals surface area contributed by atoms with Gasteiger partial charge in [0.25, 0.3) is 0 Å². The molecule has 1 atom stereocenters. The molecule has 1 N–H and O–H groups in total. The highest BCUT2D eigenvalue weighted by atomic mass is 17.1. The van der Waals surface area contributed by atoms with Crippen LogP contribution in [-0.4, -0.2) is 16.9 Å². The van der Waals surface area contributed by atoms with Gasteiger partial charge in [0.15, 0.2) is 0 Å². The molecule has 1 heterocycles. The molecule has 1 aliphatic carbocycles. The Kier molecular flexibility index (Phi) is 2.50. The predicted molar refractivity (Wildman–Crippen MR) is 67.9 cm³/mol. The minimum Gasteiger partial charge on any atom is -0.276 e. The van der Waals surface area contributed by atoms with Crippen LogP contribution in [0.2, 0.25) is 0 Å². The highest BCUT2D eigenvalue weighted by Crippen LogP contribution is 2.51. The number of hydrogen-bond donors (Lipinski definition) is 1. The summed E-state index contributed by atoms with van der Waals surface area (Å²) in [6, 6.07) is 7.66. The topological polar surface area (TPSA) is 49.8 Å². The monoisotopic (exact) mass is 245 g/mol. The number of rotatable bonds is 1. The number of fused-ring (bicyclic) bond motifs is 3. The highest BCUT2D eigenvalue weighted by molar-refractivity contribution is 6.05. The van der Waals surface area contributed by atoms with E-state index in [1.807, 2.05) is 24.3 Å². The second kappa shape index (κ2) is 3.93. The molecule has 0 aromatic heterocycles. The number of carbonyl (C=O) groups is 1. The van der Waals surface area contributed by atoms with Gasteiger partial charge in [0.05, 0.1) is 5.69 Å². The van der Waals surface area contributed by atoms with Crippen molar-refractivity contribution < 1.29 is 14.9 Å². The molecule has 0 saturated carbocycles. The third-order valence-electron chi connectivity index (χ3n) is 3.75. The number of benzene rings is 1. The lowest BCUT2D eigenvalue weighted by Crippen LogP contribution is -2.51. The maximum atomic E-state index is 11.9. The molecule has 4 heteroatoms. The third kappa shape index (κ3) is 1.30. The molecule has 94 valence electrons. The van der Waals surface area contributed by atoms with E-state index in [-0.39, 0.29) is 5.91 Å². The van der Waals surface area contributed by atoms with E-state index in [0.29, 0.717) is 6.42 Å². The smallest absolute Gasteiger partial charge is 0.226 e. The quantitative estimate of drug-likeness (QED) is 0.611. The van der Waals surface area contributed by atoms with Crippen LogP contribution in [-0.2, 0) is 9.68 Å². The van der Waals surface area contributed by atoms with E-state index in [1.54, 1.807) is 4.90 Å². The number of nitrogens with zero attached hydrogens (tertiary/aromatic N) is 1. The number of para-hydroxylation sites is 1. The first-order valence-electron chi connectivity index (χ1n) is 6.14. The number of amides is 1. The Hall–Kier alpha value is -1.65. The summed E-state index contributed by atoms with van der Waals surface area (Å²) in [5.74, 6) is -0.123. The Labute approximate surface area is 105 Å². The molecule has 1 aromatic carbocycles. The normalized spacial score (nSPS) is 25.4. The molecular weight excluding hydrogens is 230 g/mol. The van der Waals surface area contributed by atoms with E-state index in [0.717, 1.165) is 29.7 Å². The van der Waals surface area contributed by atoms with E-state index >= 15 is 0 Å². The van der Waals surface area contributed by atoms with Crippen molar-refractivity contribution in [2.75, 3.05) is 4.90 Å². The lowest BCUT2D eigenvalue weighted by atomic mass is 9.88. The van der Waals surface area contributed by atoms with Crippen LogP contribution in [0, 0.1) is 0 Å². The van der Waals surface area contributed by atoms with Crippen LogP contribution < -0.4 is 4.90 Å². The Morgan fingerprint density at radius 3 is 2.94 bits per heavy atom. The van der Waals surface area contributed by atoms with Crippen molar-refractivity contribution in [3.8, 4) is 0 Å². The molecule has 2 aliphatic rings. The van der Waals surface area contributed by atoms with Crippen molar-refractivity contribution in [3.63, 3.8) is 0 Å². The summed E-state index contributed by atoms with van der Waals surface area (Å²) in [4.78, 5) is 18.3. The average Bonchev–Trinajstić information content (AvgIpc) is 2.69. The van der Waals surface area contributed by atoms with Crippen molar-refractivity contribution in [3.05, 3.63) is 35.9 Å².